The fourth-order valence-electron chi connectivity index (χ4n) is 3.79. The molecule has 10 heteroatoms. The molecule has 0 spiro atoms. The highest BCUT2D eigenvalue weighted by molar-refractivity contribution is 7.23. The van der Waals surface area contributed by atoms with Gasteiger partial charge in [-0.15, -0.1) is 12.4 Å². The van der Waals surface area contributed by atoms with Crippen LogP contribution in [0.2, 0.25) is 5.02 Å². The summed E-state index contributed by atoms with van der Waals surface area (Å²) in [5.41, 5.74) is 2.63. The Hall–Kier alpha value is -2.39. The van der Waals surface area contributed by atoms with Crippen molar-refractivity contribution in [2.45, 2.75) is 20.8 Å². The predicted octanol–water partition coefficient (Wildman–Crippen LogP) is 5.32. The van der Waals surface area contributed by atoms with E-state index in [1.165, 1.54) is 11.3 Å². The van der Waals surface area contributed by atoms with Gasteiger partial charge in [0.05, 0.1) is 22.5 Å². The fourth-order valence-corrected chi connectivity index (χ4v) is 5.07. The van der Waals surface area contributed by atoms with Crippen molar-refractivity contribution in [3.05, 3.63) is 52.9 Å². The second kappa shape index (κ2) is 10.7. The van der Waals surface area contributed by atoms with Gasteiger partial charge in [-0.3, -0.25) is 14.1 Å². The van der Waals surface area contributed by atoms with E-state index in [9.17, 15) is 4.79 Å². The third kappa shape index (κ3) is 4.80. The highest BCUT2D eigenvalue weighted by Crippen LogP contribution is 2.39. The van der Waals surface area contributed by atoms with Crippen LogP contribution in [-0.2, 0) is 0 Å². The number of anilines is 1. The summed E-state index contributed by atoms with van der Waals surface area (Å²) < 4.78 is 8.12. The third-order valence-electron chi connectivity index (χ3n) is 5.58. The van der Waals surface area contributed by atoms with Gasteiger partial charge in [-0.2, -0.15) is 0 Å². The molecule has 0 aliphatic rings. The lowest BCUT2D eigenvalue weighted by molar-refractivity contribution is 0.0977. The molecule has 0 radical (unpaired) electrons. The number of hydrogen-bond acceptors (Lipinski definition) is 6. The van der Waals surface area contributed by atoms with Crippen LogP contribution in [0.25, 0.3) is 15.9 Å². The van der Waals surface area contributed by atoms with Crippen LogP contribution in [0.15, 0.2) is 36.5 Å². The van der Waals surface area contributed by atoms with E-state index >= 15 is 0 Å². The third-order valence-corrected chi connectivity index (χ3v) is 7.12. The van der Waals surface area contributed by atoms with Crippen molar-refractivity contribution in [1.82, 2.24) is 19.3 Å². The normalized spacial score (nSPS) is 11.2. The summed E-state index contributed by atoms with van der Waals surface area (Å²) in [4.78, 5) is 27.3. The Bertz CT molecular complexity index is 1270. The number of methoxy groups -OCH3 is 1. The van der Waals surface area contributed by atoms with Crippen LogP contribution in [0.5, 0.6) is 5.75 Å². The molecule has 0 unspecified atom stereocenters. The molecule has 0 N–H and O–H groups in total. The van der Waals surface area contributed by atoms with E-state index in [-0.39, 0.29) is 18.3 Å². The number of halogens is 2. The minimum absolute atomic E-state index is 0. The van der Waals surface area contributed by atoms with Gasteiger partial charge in [-0.05, 0) is 44.3 Å². The van der Waals surface area contributed by atoms with Gasteiger partial charge >= 0.3 is 0 Å². The van der Waals surface area contributed by atoms with Crippen LogP contribution >= 0.6 is 35.3 Å². The first kappa shape index (κ1) is 25.2. The molecule has 0 atom stereocenters. The number of benzene rings is 1. The average Bonchev–Trinajstić information content (AvgIpc) is 3.38. The Balaban J connectivity index is 0.00000306. The summed E-state index contributed by atoms with van der Waals surface area (Å²) in [5.74, 6) is 0.497. The second-order valence-electron chi connectivity index (χ2n) is 7.38. The summed E-state index contributed by atoms with van der Waals surface area (Å²) >= 11 is 7.85. The number of imidazole rings is 1. The molecule has 176 valence electrons. The molecule has 1 aromatic carbocycles. The number of carbonyl (C=O) groups is 1. The Kier molecular flexibility index (Phi) is 8.18. The molecule has 0 fully saturated rings. The molecule has 7 nitrogen and oxygen atoms in total. The molecular weight excluding hydrogens is 481 g/mol. The number of rotatable bonds is 8. The zero-order valence-corrected chi connectivity index (χ0v) is 21.4. The predicted molar refractivity (Wildman–Crippen MR) is 138 cm³/mol. The van der Waals surface area contributed by atoms with Gasteiger partial charge in [-0.25, -0.2) is 9.97 Å². The smallest absolute Gasteiger partial charge is 0.279 e. The van der Waals surface area contributed by atoms with Crippen molar-refractivity contribution < 1.29 is 9.53 Å². The zero-order chi connectivity index (χ0) is 22.8. The Labute approximate surface area is 208 Å². The summed E-state index contributed by atoms with van der Waals surface area (Å²) in [6.07, 6.45) is 1.86. The molecule has 3 aromatic heterocycles. The number of carbonyl (C=O) groups excluding carboxylic acids is 1. The maximum Gasteiger partial charge on any atom is 0.279 e. The van der Waals surface area contributed by atoms with E-state index in [1.807, 2.05) is 35.7 Å². The van der Waals surface area contributed by atoms with E-state index in [0.717, 1.165) is 30.0 Å². The van der Waals surface area contributed by atoms with Crippen molar-refractivity contribution in [1.29, 1.82) is 0 Å². The number of nitrogens with zero attached hydrogens (tertiary/aromatic N) is 5. The molecule has 0 aliphatic heterocycles. The SMILES string of the molecule is CCN(CC)CCN(C(=O)c1c(C)nc2ccccn12)c1nc2c(OC)ccc(Cl)c2s1.Cl. The van der Waals surface area contributed by atoms with Gasteiger partial charge < -0.3 is 9.64 Å². The molecular formula is C23H27Cl2N5O2S. The first-order valence-corrected chi connectivity index (χ1v) is 11.8. The highest BCUT2D eigenvalue weighted by Gasteiger charge is 2.27. The number of aryl methyl sites for hydroxylation is 1. The molecule has 0 bridgehead atoms. The van der Waals surface area contributed by atoms with E-state index in [0.29, 0.717) is 39.4 Å². The molecule has 1 amide bonds. The van der Waals surface area contributed by atoms with E-state index in [1.54, 1.807) is 24.1 Å². The molecule has 4 rings (SSSR count). The van der Waals surface area contributed by atoms with E-state index in [4.69, 9.17) is 21.3 Å². The van der Waals surface area contributed by atoms with Crippen LogP contribution in [-0.4, -0.2) is 58.5 Å². The standard InChI is InChI=1S/C23H26ClN5O2S.ClH/c1-5-27(6-2)13-14-29(22(30)20-15(3)25-18-9-7-8-12-28(18)20)23-26-19-17(31-4)11-10-16(24)21(19)32-23;/h7-12H,5-6,13-14H2,1-4H3;1H. The first-order valence-electron chi connectivity index (χ1n) is 10.6. The topological polar surface area (TPSA) is 63.0 Å². The monoisotopic (exact) mass is 507 g/mol. The molecule has 0 saturated carbocycles. The molecule has 0 aliphatic carbocycles. The fraction of sp³-hybridized carbons (Fsp3) is 0.348. The number of fused-ring (bicyclic) bond motifs is 2. The molecule has 0 saturated heterocycles. The van der Waals surface area contributed by atoms with Gasteiger partial charge in [0.2, 0.25) is 0 Å². The van der Waals surface area contributed by atoms with Crippen molar-refractivity contribution in [3.63, 3.8) is 0 Å². The average molecular weight is 508 g/mol. The number of ether oxygens (including phenoxy) is 1. The maximum absolute atomic E-state index is 13.9. The quantitative estimate of drug-likeness (QED) is 0.322. The van der Waals surface area contributed by atoms with Crippen LogP contribution in [0.4, 0.5) is 5.13 Å². The number of aromatic nitrogens is 3. The minimum atomic E-state index is -0.137. The Morgan fingerprint density at radius 3 is 2.61 bits per heavy atom. The van der Waals surface area contributed by atoms with Crippen molar-refractivity contribution >= 4 is 62.2 Å². The van der Waals surface area contributed by atoms with Gasteiger partial charge in [0, 0.05) is 19.3 Å². The number of amides is 1. The molecule has 33 heavy (non-hydrogen) atoms. The van der Waals surface area contributed by atoms with Crippen molar-refractivity contribution in [3.8, 4) is 5.75 Å². The lowest BCUT2D eigenvalue weighted by atomic mass is 10.3. The summed E-state index contributed by atoms with van der Waals surface area (Å²) in [5, 5.41) is 1.18. The van der Waals surface area contributed by atoms with Gasteiger partial charge in [0.15, 0.2) is 5.13 Å². The van der Waals surface area contributed by atoms with E-state index < -0.39 is 0 Å². The number of hydrogen-bond donors (Lipinski definition) is 0. The number of likely N-dealkylation sites (N-methyl/N-ethyl adjacent to an activating group) is 1. The molecule has 4 aromatic rings. The number of thiazole rings is 1. The van der Waals surface area contributed by atoms with Crippen LogP contribution in [0.3, 0.4) is 0 Å². The minimum Gasteiger partial charge on any atom is -0.494 e. The summed E-state index contributed by atoms with van der Waals surface area (Å²) in [6, 6.07) is 9.29. The largest absolute Gasteiger partial charge is 0.494 e. The Morgan fingerprint density at radius 1 is 1.15 bits per heavy atom. The zero-order valence-electron chi connectivity index (χ0n) is 19.0. The van der Waals surface area contributed by atoms with Crippen LogP contribution in [0, 0.1) is 6.92 Å². The highest BCUT2D eigenvalue weighted by atomic mass is 35.5. The Morgan fingerprint density at radius 2 is 1.91 bits per heavy atom. The second-order valence-corrected chi connectivity index (χ2v) is 8.77. The van der Waals surface area contributed by atoms with Gasteiger partial charge in [-0.1, -0.05) is 42.9 Å². The van der Waals surface area contributed by atoms with Gasteiger partial charge in [0.25, 0.3) is 5.91 Å². The first-order chi connectivity index (χ1) is 15.5. The number of pyridine rings is 1. The van der Waals surface area contributed by atoms with Crippen molar-refractivity contribution in [2.24, 2.45) is 0 Å². The van der Waals surface area contributed by atoms with Gasteiger partial charge in [0.1, 0.15) is 22.6 Å². The lowest BCUT2D eigenvalue weighted by Crippen LogP contribution is -2.39. The summed E-state index contributed by atoms with van der Waals surface area (Å²) in [7, 11) is 1.60. The van der Waals surface area contributed by atoms with Crippen LogP contribution in [0.1, 0.15) is 30.0 Å². The maximum atomic E-state index is 13.9. The summed E-state index contributed by atoms with van der Waals surface area (Å²) in [6.45, 7) is 9.15. The molecule has 3 heterocycles. The van der Waals surface area contributed by atoms with Crippen molar-refractivity contribution in [2.75, 3.05) is 38.2 Å². The lowest BCUT2D eigenvalue weighted by Gasteiger charge is -2.24. The van der Waals surface area contributed by atoms with Crippen LogP contribution < -0.4 is 9.64 Å². The van der Waals surface area contributed by atoms with E-state index in [2.05, 4.69) is 23.7 Å².